The van der Waals surface area contributed by atoms with Gasteiger partial charge in [0.2, 0.25) is 0 Å². The van der Waals surface area contributed by atoms with E-state index < -0.39 is 0 Å². The number of benzene rings is 1. The maximum Gasteiger partial charge on any atom is 0.136 e. The summed E-state index contributed by atoms with van der Waals surface area (Å²) in [5.74, 6) is 0.657. The average Bonchev–Trinajstić information content (AvgIpc) is 2.84. The number of aryl methyl sites for hydroxylation is 1. The first-order valence-electron chi connectivity index (χ1n) is 5.35. The van der Waals surface area contributed by atoms with Crippen molar-refractivity contribution in [2.45, 2.75) is 13.3 Å². The molecule has 0 aliphatic heterocycles. The third-order valence-electron chi connectivity index (χ3n) is 2.77. The molecule has 0 atom stereocenters. The molecule has 17 heavy (non-hydrogen) atoms. The summed E-state index contributed by atoms with van der Waals surface area (Å²) in [6.45, 7) is 2.03. The summed E-state index contributed by atoms with van der Waals surface area (Å²) in [5.41, 5.74) is 2.85. The highest BCUT2D eigenvalue weighted by Crippen LogP contribution is 2.27. The predicted molar refractivity (Wildman–Crippen MR) is 69.6 cm³/mol. The summed E-state index contributed by atoms with van der Waals surface area (Å²) in [6.07, 6.45) is 0.795. The van der Waals surface area contributed by atoms with Gasteiger partial charge in [0.05, 0.1) is 12.7 Å². The van der Waals surface area contributed by atoms with E-state index in [9.17, 15) is 5.26 Å². The van der Waals surface area contributed by atoms with Crippen molar-refractivity contribution in [1.29, 1.82) is 5.26 Å². The van der Waals surface area contributed by atoms with Gasteiger partial charge in [-0.15, -0.1) is 11.3 Å². The Morgan fingerprint density at radius 1 is 1.35 bits per heavy atom. The molecule has 0 amide bonds. The zero-order valence-electron chi connectivity index (χ0n) is 9.86. The Kier molecular flexibility index (Phi) is 3.46. The van der Waals surface area contributed by atoms with Crippen LogP contribution in [0.4, 0.5) is 0 Å². The van der Waals surface area contributed by atoms with Crippen molar-refractivity contribution in [2.24, 2.45) is 0 Å². The lowest BCUT2D eigenvalue weighted by atomic mass is 9.98. The van der Waals surface area contributed by atoms with Crippen molar-refractivity contribution in [3.8, 4) is 11.8 Å². The standard InChI is InChI=1S/C14H13NOS/c1-10-5-6-14(16-2)13(9-15)12(10)8-11-4-3-7-17-11/h3-7H,8H2,1-2H3. The van der Waals surface area contributed by atoms with Crippen LogP contribution in [0, 0.1) is 18.3 Å². The molecule has 0 fully saturated rings. The van der Waals surface area contributed by atoms with Crippen molar-refractivity contribution < 1.29 is 4.74 Å². The number of hydrogen-bond donors (Lipinski definition) is 0. The van der Waals surface area contributed by atoms with Gasteiger partial charge in [-0.3, -0.25) is 0 Å². The van der Waals surface area contributed by atoms with Crippen LogP contribution < -0.4 is 4.74 Å². The molecule has 86 valence electrons. The highest BCUT2D eigenvalue weighted by molar-refractivity contribution is 7.09. The molecule has 0 aliphatic carbocycles. The van der Waals surface area contributed by atoms with E-state index in [2.05, 4.69) is 17.5 Å². The SMILES string of the molecule is COc1ccc(C)c(Cc2cccs2)c1C#N. The number of thiophene rings is 1. The van der Waals surface area contributed by atoms with Crippen molar-refractivity contribution in [3.05, 3.63) is 51.2 Å². The van der Waals surface area contributed by atoms with Gasteiger partial charge < -0.3 is 4.74 Å². The summed E-state index contributed by atoms with van der Waals surface area (Å²) in [6, 6.07) is 10.2. The Balaban J connectivity index is 2.48. The lowest BCUT2D eigenvalue weighted by Gasteiger charge is -2.10. The second-order valence-electron chi connectivity index (χ2n) is 3.81. The minimum absolute atomic E-state index is 0.654. The van der Waals surface area contributed by atoms with E-state index in [1.807, 2.05) is 25.1 Å². The fraction of sp³-hybridized carbons (Fsp3) is 0.214. The second-order valence-corrected chi connectivity index (χ2v) is 4.84. The van der Waals surface area contributed by atoms with E-state index in [0.717, 1.165) is 17.5 Å². The lowest BCUT2D eigenvalue weighted by molar-refractivity contribution is 0.413. The minimum atomic E-state index is 0.654. The maximum absolute atomic E-state index is 9.26. The first-order valence-corrected chi connectivity index (χ1v) is 6.23. The molecule has 2 nitrogen and oxygen atoms in total. The van der Waals surface area contributed by atoms with Gasteiger partial charge in [0.15, 0.2) is 0 Å². The summed E-state index contributed by atoms with van der Waals surface area (Å²) < 4.78 is 5.23. The molecule has 3 heteroatoms. The Bertz CT molecular complexity index is 552. The monoisotopic (exact) mass is 243 g/mol. The summed E-state index contributed by atoms with van der Waals surface area (Å²) in [4.78, 5) is 1.26. The fourth-order valence-electron chi connectivity index (χ4n) is 1.84. The van der Waals surface area contributed by atoms with Gasteiger partial charge in [0.25, 0.3) is 0 Å². The highest BCUT2D eigenvalue weighted by Gasteiger charge is 2.12. The molecule has 2 rings (SSSR count). The van der Waals surface area contributed by atoms with Gasteiger partial charge in [0.1, 0.15) is 11.8 Å². The fourth-order valence-corrected chi connectivity index (χ4v) is 2.56. The molecule has 0 spiro atoms. The van der Waals surface area contributed by atoms with Crippen LogP contribution in [0.15, 0.2) is 29.6 Å². The van der Waals surface area contributed by atoms with Crippen LogP contribution in [0.2, 0.25) is 0 Å². The largest absolute Gasteiger partial charge is 0.495 e. The normalized spacial score (nSPS) is 9.94. The molecule has 1 aromatic heterocycles. The third kappa shape index (κ3) is 2.32. The minimum Gasteiger partial charge on any atom is -0.495 e. The molecule has 1 heterocycles. The predicted octanol–water partition coefficient (Wildman–Crippen LogP) is 3.53. The number of rotatable bonds is 3. The molecule has 0 N–H and O–H groups in total. The van der Waals surface area contributed by atoms with Crippen LogP contribution in [0.3, 0.4) is 0 Å². The van der Waals surface area contributed by atoms with Crippen LogP contribution in [0.1, 0.15) is 21.6 Å². The van der Waals surface area contributed by atoms with Crippen LogP contribution in [0.25, 0.3) is 0 Å². The average molecular weight is 243 g/mol. The van der Waals surface area contributed by atoms with Gasteiger partial charge in [-0.1, -0.05) is 12.1 Å². The quantitative estimate of drug-likeness (QED) is 0.826. The molecule has 0 bridgehead atoms. The molecule has 2 aromatic rings. The zero-order chi connectivity index (χ0) is 12.3. The van der Waals surface area contributed by atoms with E-state index in [4.69, 9.17) is 4.74 Å². The van der Waals surface area contributed by atoms with Gasteiger partial charge in [-0.25, -0.2) is 0 Å². The van der Waals surface area contributed by atoms with E-state index in [-0.39, 0.29) is 0 Å². The number of hydrogen-bond acceptors (Lipinski definition) is 3. The van der Waals surface area contributed by atoms with Crippen molar-refractivity contribution in [2.75, 3.05) is 7.11 Å². The van der Waals surface area contributed by atoms with Crippen LogP contribution >= 0.6 is 11.3 Å². The first kappa shape index (κ1) is 11.7. The molecule has 1 aromatic carbocycles. The van der Waals surface area contributed by atoms with Gasteiger partial charge >= 0.3 is 0 Å². The molecular weight excluding hydrogens is 230 g/mol. The smallest absolute Gasteiger partial charge is 0.136 e. The number of nitriles is 1. The van der Waals surface area contributed by atoms with Crippen molar-refractivity contribution >= 4 is 11.3 Å². The van der Waals surface area contributed by atoms with Crippen molar-refractivity contribution in [1.82, 2.24) is 0 Å². The topological polar surface area (TPSA) is 33.0 Å². The molecule has 0 unspecified atom stereocenters. The number of methoxy groups -OCH3 is 1. The third-order valence-corrected chi connectivity index (χ3v) is 3.65. The number of nitrogens with zero attached hydrogens (tertiary/aromatic N) is 1. The summed E-state index contributed by atoms with van der Waals surface area (Å²) >= 11 is 1.71. The van der Waals surface area contributed by atoms with Gasteiger partial charge in [-0.2, -0.15) is 5.26 Å². The molecule has 0 saturated heterocycles. The van der Waals surface area contributed by atoms with E-state index in [1.54, 1.807) is 18.4 Å². The van der Waals surface area contributed by atoms with Gasteiger partial charge in [0, 0.05) is 11.3 Å². The summed E-state index contributed by atoms with van der Waals surface area (Å²) in [5, 5.41) is 11.3. The van der Waals surface area contributed by atoms with Crippen molar-refractivity contribution in [3.63, 3.8) is 0 Å². The van der Waals surface area contributed by atoms with E-state index in [1.165, 1.54) is 4.88 Å². The Hall–Kier alpha value is -1.79. The molecule has 0 radical (unpaired) electrons. The Morgan fingerprint density at radius 2 is 2.18 bits per heavy atom. The summed E-state index contributed by atoms with van der Waals surface area (Å²) in [7, 11) is 1.60. The molecular formula is C14H13NOS. The van der Waals surface area contributed by atoms with Crippen LogP contribution in [-0.2, 0) is 6.42 Å². The second kappa shape index (κ2) is 5.03. The zero-order valence-corrected chi connectivity index (χ0v) is 10.7. The molecule has 0 saturated carbocycles. The number of ether oxygens (including phenoxy) is 1. The van der Waals surface area contributed by atoms with E-state index in [0.29, 0.717) is 11.3 Å². The van der Waals surface area contributed by atoms with Crippen LogP contribution in [-0.4, -0.2) is 7.11 Å². The van der Waals surface area contributed by atoms with E-state index >= 15 is 0 Å². The van der Waals surface area contributed by atoms with Gasteiger partial charge in [-0.05, 0) is 35.6 Å². The highest BCUT2D eigenvalue weighted by atomic mass is 32.1. The Morgan fingerprint density at radius 3 is 2.76 bits per heavy atom. The lowest BCUT2D eigenvalue weighted by Crippen LogP contribution is -1.98. The molecule has 0 aliphatic rings. The van der Waals surface area contributed by atoms with Crippen LogP contribution in [0.5, 0.6) is 5.75 Å². The maximum atomic E-state index is 9.26. The Labute approximate surface area is 105 Å². The first-order chi connectivity index (χ1) is 8.26.